The zero-order valence-electron chi connectivity index (χ0n) is 13.2. The third kappa shape index (κ3) is 4.30. The molecule has 0 saturated carbocycles. The summed E-state index contributed by atoms with van der Waals surface area (Å²) >= 11 is 0. The Morgan fingerprint density at radius 3 is 2.57 bits per heavy atom. The van der Waals surface area contributed by atoms with Crippen LogP contribution in [0.3, 0.4) is 0 Å². The van der Waals surface area contributed by atoms with Gasteiger partial charge in [-0.2, -0.15) is 0 Å². The van der Waals surface area contributed by atoms with Crippen molar-refractivity contribution in [3.63, 3.8) is 0 Å². The van der Waals surface area contributed by atoms with Gasteiger partial charge in [0.15, 0.2) is 0 Å². The minimum atomic E-state index is 0.168. The van der Waals surface area contributed by atoms with E-state index in [1.807, 2.05) is 13.0 Å². The average Bonchev–Trinajstić information content (AvgIpc) is 2.45. The van der Waals surface area contributed by atoms with Gasteiger partial charge in [-0.15, -0.1) is 0 Å². The number of anilines is 1. The second kappa shape index (κ2) is 7.23. The molecule has 2 N–H and O–H groups in total. The normalized spacial score (nSPS) is 12.2. The third-order valence-corrected chi connectivity index (χ3v) is 3.55. The molecular weight excluding hydrogens is 258 g/mol. The van der Waals surface area contributed by atoms with Crippen molar-refractivity contribution in [2.75, 3.05) is 11.4 Å². The topological polar surface area (TPSA) is 42.2 Å². The van der Waals surface area contributed by atoms with Crippen molar-refractivity contribution < 1.29 is 0 Å². The van der Waals surface area contributed by atoms with Crippen molar-refractivity contribution in [2.24, 2.45) is 5.73 Å². The van der Waals surface area contributed by atoms with E-state index in [1.165, 1.54) is 11.3 Å². The summed E-state index contributed by atoms with van der Waals surface area (Å²) in [7, 11) is 0. The van der Waals surface area contributed by atoms with Crippen molar-refractivity contribution in [3.05, 3.63) is 59.4 Å². The highest BCUT2D eigenvalue weighted by Gasteiger charge is 2.11. The van der Waals surface area contributed by atoms with E-state index in [0.29, 0.717) is 0 Å². The predicted octanol–water partition coefficient (Wildman–Crippen LogP) is 3.31. The molecule has 2 aromatic rings. The van der Waals surface area contributed by atoms with Gasteiger partial charge in [0.25, 0.3) is 0 Å². The van der Waals surface area contributed by atoms with Gasteiger partial charge in [0.1, 0.15) is 0 Å². The maximum absolute atomic E-state index is 5.98. The minimum absolute atomic E-state index is 0.168. The summed E-state index contributed by atoms with van der Waals surface area (Å²) in [6, 6.07) is 14.9. The van der Waals surface area contributed by atoms with Gasteiger partial charge in [0.05, 0.1) is 12.2 Å². The Balaban J connectivity index is 2.25. The smallest absolute Gasteiger partial charge is 0.0602 e. The number of hydrogen-bond donors (Lipinski definition) is 1. The molecule has 1 heterocycles. The summed E-state index contributed by atoms with van der Waals surface area (Å²) in [4.78, 5) is 6.97. The fourth-order valence-electron chi connectivity index (χ4n) is 2.59. The first-order chi connectivity index (χ1) is 10.1. The van der Waals surface area contributed by atoms with E-state index < -0.39 is 0 Å². The number of nitrogens with zero attached hydrogens (tertiary/aromatic N) is 2. The number of para-hydroxylation sites is 1. The van der Waals surface area contributed by atoms with Crippen LogP contribution in [0.15, 0.2) is 42.5 Å². The molecule has 0 bridgehead atoms. The lowest BCUT2D eigenvalue weighted by Gasteiger charge is -2.26. The molecule has 1 aromatic carbocycles. The van der Waals surface area contributed by atoms with Gasteiger partial charge < -0.3 is 10.6 Å². The molecule has 2 rings (SSSR count). The zero-order chi connectivity index (χ0) is 15.2. The van der Waals surface area contributed by atoms with Gasteiger partial charge in [-0.25, -0.2) is 0 Å². The van der Waals surface area contributed by atoms with E-state index in [9.17, 15) is 0 Å². The van der Waals surface area contributed by atoms with E-state index in [2.05, 4.69) is 60.1 Å². The van der Waals surface area contributed by atoms with Crippen molar-refractivity contribution in [1.29, 1.82) is 0 Å². The molecular formula is C18H25N3. The quantitative estimate of drug-likeness (QED) is 0.884. The summed E-state index contributed by atoms with van der Waals surface area (Å²) in [6.07, 6.45) is 0.897. The molecule has 0 spiro atoms. The molecule has 1 atom stereocenters. The van der Waals surface area contributed by atoms with Crippen LogP contribution in [0.25, 0.3) is 0 Å². The predicted molar refractivity (Wildman–Crippen MR) is 89.5 cm³/mol. The van der Waals surface area contributed by atoms with Gasteiger partial charge in [-0.1, -0.05) is 24.3 Å². The molecule has 1 unspecified atom stereocenters. The summed E-state index contributed by atoms with van der Waals surface area (Å²) in [6.45, 7) is 8.04. The molecule has 3 heteroatoms. The Morgan fingerprint density at radius 1 is 1.14 bits per heavy atom. The lowest BCUT2D eigenvalue weighted by molar-refractivity contribution is 0.727. The van der Waals surface area contributed by atoms with Crippen LogP contribution in [0, 0.1) is 6.92 Å². The van der Waals surface area contributed by atoms with E-state index in [0.717, 1.165) is 30.9 Å². The van der Waals surface area contributed by atoms with Crippen LogP contribution in [-0.2, 0) is 13.0 Å². The zero-order valence-corrected chi connectivity index (χ0v) is 13.2. The maximum atomic E-state index is 5.98. The third-order valence-electron chi connectivity index (χ3n) is 3.55. The van der Waals surface area contributed by atoms with Gasteiger partial charge in [-0.05, 0) is 51.0 Å². The van der Waals surface area contributed by atoms with Crippen molar-refractivity contribution in [1.82, 2.24) is 4.98 Å². The van der Waals surface area contributed by atoms with E-state index >= 15 is 0 Å². The second-order valence-electron chi connectivity index (χ2n) is 5.59. The average molecular weight is 283 g/mol. The minimum Gasteiger partial charge on any atom is -0.366 e. The monoisotopic (exact) mass is 283 g/mol. The van der Waals surface area contributed by atoms with Crippen LogP contribution in [-0.4, -0.2) is 17.6 Å². The van der Waals surface area contributed by atoms with Crippen LogP contribution >= 0.6 is 0 Å². The van der Waals surface area contributed by atoms with Crippen molar-refractivity contribution >= 4 is 5.69 Å². The van der Waals surface area contributed by atoms with Gasteiger partial charge in [-0.3, -0.25) is 4.98 Å². The van der Waals surface area contributed by atoms with Crippen LogP contribution in [0.5, 0.6) is 0 Å². The summed E-state index contributed by atoms with van der Waals surface area (Å²) < 4.78 is 0. The van der Waals surface area contributed by atoms with Crippen LogP contribution < -0.4 is 10.6 Å². The molecule has 0 amide bonds. The maximum Gasteiger partial charge on any atom is 0.0602 e. The number of rotatable bonds is 6. The van der Waals surface area contributed by atoms with Crippen molar-refractivity contribution in [3.8, 4) is 0 Å². The summed E-state index contributed by atoms with van der Waals surface area (Å²) in [5.74, 6) is 0. The molecule has 0 radical (unpaired) electrons. The molecule has 3 nitrogen and oxygen atoms in total. The Kier molecular flexibility index (Phi) is 5.34. The number of benzene rings is 1. The standard InChI is InChI=1S/C18H25N3/c1-4-21(13-17-10-7-8-15(3)20-17)18-11-6-5-9-16(18)12-14(2)19/h5-11,14H,4,12-13,19H2,1-3H3. The molecule has 0 aliphatic carbocycles. The first kappa shape index (κ1) is 15.5. The first-order valence-corrected chi connectivity index (χ1v) is 7.61. The van der Waals surface area contributed by atoms with E-state index in [-0.39, 0.29) is 6.04 Å². The van der Waals surface area contributed by atoms with Crippen LogP contribution in [0.2, 0.25) is 0 Å². The lowest BCUT2D eigenvalue weighted by atomic mass is 10.0. The van der Waals surface area contributed by atoms with E-state index in [4.69, 9.17) is 5.73 Å². The highest BCUT2D eigenvalue weighted by Crippen LogP contribution is 2.23. The van der Waals surface area contributed by atoms with Crippen LogP contribution in [0.4, 0.5) is 5.69 Å². The van der Waals surface area contributed by atoms with Gasteiger partial charge in [0, 0.05) is 24.0 Å². The number of nitrogens with two attached hydrogens (primary N) is 1. The molecule has 0 aliphatic heterocycles. The highest BCUT2D eigenvalue weighted by molar-refractivity contribution is 5.54. The Labute approximate surface area is 127 Å². The highest BCUT2D eigenvalue weighted by atomic mass is 15.1. The molecule has 0 aliphatic rings. The largest absolute Gasteiger partial charge is 0.366 e. The fraction of sp³-hybridized carbons (Fsp3) is 0.389. The number of hydrogen-bond acceptors (Lipinski definition) is 3. The fourth-order valence-corrected chi connectivity index (χ4v) is 2.59. The number of aryl methyl sites for hydroxylation is 1. The van der Waals surface area contributed by atoms with Crippen LogP contribution in [0.1, 0.15) is 30.8 Å². The summed E-state index contributed by atoms with van der Waals surface area (Å²) in [5, 5.41) is 0. The molecule has 112 valence electrons. The Morgan fingerprint density at radius 2 is 1.90 bits per heavy atom. The number of aromatic nitrogens is 1. The van der Waals surface area contributed by atoms with E-state index in [1.54, 1.807) is 0 Å². The first-order valence-electron chi connectivity index (χ1n) is 7.61. The molecule has 1 aromatic heterocycles. The van der Waals surface area contributed by atoms with Crippen molar-refractivity contribution in [2.45, 2.75) is 39.8 Å². The Hall–Kier alpha value is -1.87. The molecule has 0 fully saturated rings. The van der Waals surface area contributed by atoms with Gasteiger partial charge >= 0.3 is 0 Å². The van der Waals surface area contributed by atoms with Gasteiger partial charge in [0.2, 0.25) is 0 Å². The number of pyridine rings is 1. The lowest BCUT2D eigenvalue weighted by Crippen LogP contribution is -2.26. The SMILES string of the molecule is CCN(Cc1cccc(C)n1)c1ccccc1CC(C)N. The summed E-state index contributed by atoms with van der Waals surface area (Å²) in [5.41, 5.74) is 10.7. The molecule has 21 heavy (non-hydrogen) atoms. The Bertz CT molecular complexity index is 578. The second-order valence-corrected chi connectivity index (χ2v) is 5.59. The molecule has 0 saturated heterocycles.